The van der Waals surface area contributed by atoms with Crippen LogP contribution >= 0.6 is 23.2 Å². The smallest absolute Gasteiger partial charge is 0.267 e. The summed E-state index contributed by atoms with van der Waals surface area (Å²) in [5.41, 5.74) is 0.965. The highest BCUT2D eigenvalue weighted by molar-refractivity contribution is 6.43. The number of hydrogen-bond acceptors (Lipinski definition) is 3. The zero-order valence-corrected chi connectivity index (χ0v) is 14.8. The van der Waals surface area contributed by atoms with E-state index in [-0.39, 0.29) is 17.4 Å². The van der Waals surface area contributed by atoms with Gasteiger partial charge in [0.2, 0.25) is 5.91 Å². The molecule has 0 radical (unpaired) electrons. The van der Waals surface area contributed by atoms with Crippen molar-refractivity contribution in [2.45, 2.75) is 6.54 Å². The van der Waals surface area contributed by atoms with E-state index in [0.717, 1.165) is 4.68 Å². The maximum atomic E-state index is 13.0. The lowest BCUT2D eigenvalue weighted by atomic mass is 10.1. The first kappa shape index (κ1) is 18.1. The molecule has 0 fully saturated rings. The van der Waals surface area contributed by atoms with Gasteiger partial charge in [0.1, 0.15) is 12.4 Å². The number of rotatable bonds is 4. The molecule has 8 heteroatoms. The third kappa shape index (κ3) is 4.09. The van der Waals surface area contributed by atoms with Crippen LogP contribution in [0.2, 0.25) is 10.0 Å². The minimum atomic E-state index is -0.486. The van der Waals surface area contributed by atoms with E-state index in [2.05, 4.69) is 10.4 Å². The monoisotopic (exact) mass is 391 g/mol. The topological polar surface area (TPSA) is 64.0 Å². The van der Waals surface area contributed by atoms with Gasteiger partial charge in [-0.15, -0.1) is 0 Å². The second-order valence-corrected chi connectivity index (χ2v) is 6.16. The molecular formula is C18H12Cl2FN3O2. The SMILES string of the molecule is O=C(Cn1nc(-c2ccc(F)cc2)ccc1=O)Nc1cccc(Cl)c1Cl. The van der Waals surface area contributed by atoms with Gasteiger partial charge < -0.3 is 5.32 Å². The van der Waals surface area contributed by atoms with Crippen LogP contribution in [-0.2, 0) is 11.3 Å². The molecule has 0 spiro atoms. The van der Waals surface area contributed by atoms with Crippen molar-refractivity contribution in [3.05, 3.63) is 80.8 Å². The largest absolute Gasteiger partial charge is 0.323 e. The van der Waals surface area contributed by atoms with Crippen LogP contribution in [0.5, 0.6) is 0 Å². The Morgan fingerprint density at radius 1 is 1.08 bits per heavy atom. The molecular weight excluding hydrogens is 380 g/mol. The van der Waals surface area contributed by atoms with E-state index in [1.807, 2.05) is 0 Å². The van der Waals surface area contributed by atoms with Crippen molar-refractivity contribution in [1.29, 1.82) is 0 Å². The number of nitrogens with zero attached hydrogens (tertiary/aromatic N) is 2. The van der Waals surface area contributed by atoms with Crippen molar-refractivity contribution < 1.29 is 9.18 Å². The van der Waals surface area contributed by atoms with Gasteiger partial charge in [0.05, 0.1) is 21.4 Å². The number of anilines is 1. The Labute approximate surface area is 158 Å². The van der Waals surface area contributed by atoms with E-state index in [1.165, 1.54) is 36.4 Å². The zero-order valence-electron chi connectivity index (χ0n) is 13.2. The van der Waals surface area contributed by atoms with Gasteiger partial charge in [-0.3, -0.25) is 9.59 Å². The fourth-order valence-electron chi connectivity index (χ4n) is 2.26. The van der Waals surface area contributed by atoms with Crippen LogP contribution in [0, 0.1) is 5.82 Å². The number of aromatic nitrogens is 2. The Morgan fingerprint density at radius 3 is 2.54 bits per heavy atom. The van der Waals surface area contributed by atoms with E-state index in [0.29, 0.717) is 22.0 Å². The van der Waals surface area contributed by atoms with Crippen LogP contribution in [-0.4, -0.2) is 15.7 Å². The summed E-state index contributed by atoms with van der Waals surface area (Å²) in [4.78, 5) is 24.2. The molecule has 1 N–H and O–H groups in total. The molecule has 0 unspecified atom stereocenters. The van der Waals surface area contributed by atoms with E-state index in [4.69, 9.17) is 23.2 Å². The predicted octanol–water partition coefficient (Wildman–Crippen LogP) is 3.99. The molecule has 0 saturated carbocycles. The van der Waals surface area contributed by atoms with Gasteiger partial charge in [-0.25, -0.2) is 9.07 Å². The third-order valence-corrected chi connectivity index (χ3v) is 4.34. The molecule has 3 rings (SSSR count). The minimum absolute atomic E-state index is 0.211. The summed E-state index contributed by atoms with van der Waals surface area (Å²) in [5, 5.41) is 7.26. The Morgan fingerprint density at radius 2 is 1.81 bits per heavy atom. The van der Waals surface area contributed by atoms with Crippen molar-refractivity contribution in [2.24, 2.45) is 0 Å². The normalized spacial score (nSPS) is 10.6. The minimum Gasteiger partial charge on any atom is -0.323 e. The fraction of sp³-hybridized carbons (Fsp3) is 0.0556. The Hall–Kier alpha value is -2.70. The quantitative estimate of drug-likeness (QED) is 0.730. The second kappa shape index (κ2) is 7.68. The first-order chi connectivity index (χ1) is 12.4. The van der Waals surface area contributed by atoms with Crippen LogP contribution < -0.4 is 10.9 Å². The Bertz CT molecular complexity index is 1020. The van der Waals surface area contributed by atoms with Crippen LogP contribution in [0.1, 0.15) is 0 Å². The predicted molar refractivity (Wildman–Crippen MR) is 99.0 cm³/mol. The van der Waals surface area contributed by atoms with Crippen molar-refractivity contribution in [3.63, 3.8) is 0 Å². The third-order valence-electron chi connectivity index (χ3n) is 3.53. The molecule has 5 nitrogen and oxygen atoms in total. The standard InChI is InChI=1S/C18H12Cl2FN3O2/c19-13-2-1-3-15(18(13)20)22-16(25)10-24-17(26)9-8-14(23-24)11-4-6-12(21)7-5-11/h1-9H,10H2,(H,22,25). The molecule has 0 saturated heterocycles. The number of halogens is 3. The van der Waals surface area contributed by atoms with Crippen LogP contribution in [0.15, 0.2) is 59.4 Å². The number of amides is 1. The molecule has 1 aromatic heterocycles. The fourth-order valence-corrected chi connectivity index (χ4v) is 2.61. The van der Waals surface area contributed by atoms with E-state index in [9.17, 15) is 14.0 Å². The van der Waals surface area contributed by atoms with Gasteiger partial charge in [0, 0.05) is 11.6 Å². The molecule has 0 bridgehead atoms. The summed E-state index contributed by atoms with van der Waals surface area (Å²) in [6.07, 6.45) is 0. The number of carbonyl (C=O) groups is 1. The van der Waals surface area contributed by atoms with E-state index in [1.54, 1.807) is 18.2 Å². The average molecular weight is 392 g/mol. The molecule has 1 heterocycles. The number of carbonyl (C=O) groups excluding carboxylic acids is 1. The first-order valence-corrected chi connectivity index (χ1v) is 8.27. The molecule has 3 aromatic rings. The van der Waals surface area contributed by atoms with Crippen LogP contribution in [0.4, 0.5) is 10.1 Å². The summed E-state index contributed by atoms with van der Waals surface area (Å²) < 4.78 is 14.1. The lowest BCUT2D eigenvalue weighted by Gasteiger charge is -2.10. The summed E-state index contributed by atoms with van der Waals surface area (Å²) in [7, 11) is 0. The molecule has 1 amide bonds. The molecule has 132 valence electrons. The second-order valence-electron chi connectivity index (χ2n) is 5.37. The summed E-state index contributed by atoms with van der Waals surface area (Å²) in [5.74, 6) is -0.861. The first-order valence-electron chi connectivity index (χ1n) is 7.52. The highest BCUT2D eigenvalue weighted by Crippen LogP contribution is 2.29. The van der Waals surface area contributed by atoms with Crippen molar-refractivity contribution >= 4 is 34.8 Å². The van der Waals surface area contributed by atoms with E-state index >= 15 is 0 Å². The van der Waals surface area contributed by atoms with Crippen LogP contribution in [0.3, 0.4) is 0 Å². The molecule has 2 aromatic carbocycles. The van der Waals surface area contributed by atoms with Crippen molar-refractivity contribution in [3.8, 4) is 11.3 Å². The summed E-state index contributed by atoms with van der Waals surface area (Å²) >= 11 is 11.9. The van der Waals surface area contributed by atoms with Crippen LogP contribution in [0.25, 0.3) is 11.3 Å². The molecule has 26 heavy (non-hydrogen) atoms. The van der Waals surface area contributed by atoms with Crippen molar-refractivity contribution in [1.82, 2.24) is 9.78 Å². The highest BCUT2D eigenvalue weighted by Gasteiger charge is 2.11. The van der Waals surface area contributed by atoms with Gasteiger partial charge in [-0.1, -0.05) is 29.3 Å². The highest BCUT2D eigenvalue weighted by atomic mass is 35.5. The van der Waals surface area contributed by atoms with Gasteiger partial charge in [0.25, 0.3) is 5.56 Å². The zero-order chi connectivity index (χ0) is 18.7. The van der Waals surface area contributed by atoms with Crippen molar-refractivity contribution in [2.75, 3.05) is 5.32 Å². The van der Waals surface area contributed by atoms with Gasteiger partial charge in [-0.05, 0) is 42.5 Å². The average Bonchev–Trinajstić information content (AvgIpc) is 2.62. The Kier molecular flexibility index (Phi) is 5.35. The number of nitrogens with one attached hydrogen (secondary N) is 1. The van der Waals surface area contributed by atoms with Gasteiger partial charge in [0.15, 0.2) is 0 Å². The van der Waals surface area contributed by atoms with Gasteiger partial charge in [-0.2, -0.15) is 5.10 Å². The maximum absolute atomic E-state index is 13.0. The lowest BCUT2D eigenvalue weighted by Crippen LogP contribution is -2.29. The number of hydrogen-bond donors (Lipinski definition) is 1. The van der Waals surface area contributed by atoms with E-state index < -0.39 is 11.5 Å². The maximum Gasteiger partial charge on any atom is 0.267 e. The summed E-state index contributed by atoms with van der Waals surface area (Å²) in [6.45, 7) is -0.309. The molecule has 0 atom stereocenters. The van der Waals surface area contributed by atoms with Gasteiger partial charge >= 0.3 is 0 Å². The lowest BCUT2D eigenvalue weighted by molar-refractivity contribution is -0.117. The Balaban J connectivity index is 1.82. The molecule has 0 aliphatic rings. The number of benzene rings is 2. The molecule has 0 aliphatic heterocycles. The molecule has 0 aliphatic carbocycles. The summed E-state index contributed by atoms with van der Waals surface area (Å²) in [6, 6.07) is 13.3.